The van der Waals surface area contributed by atoms with Crippen LogP contribution < -0.4 is 0 Å². The van der Waals surface area contributed by atoms with Crippen molar-refractivity contribution in [2.75, 3.05) is 0 Å². The number of aromatic amines is 1. The number of hydrogen-bond acceptors (Lipinski definition) is 3. The number of rotatable bonds is 2. The summed E-state index contributed by atoms with van der Waals surface area (Å²) in [4.78, 5) is 7.57. The van der Waals surface area contributed by atoms with Crippen LogP contribution in [0, 0.1) is 0 Å². The normalized spacial score (nSPS) is 11.8. The minimum Gasteiger partial charge on any atom is -0.346 e. The van der Waals surface area contributed by atoms with Gasteiger partial charge < -0.3 is 4.98 Å². The van der Waals surface area contributed by atoms with Crippen molar-refractivity contribution in [1.82, 2.24) is 9.97 Å². The van der Waals surface area contributed by atoms with E-state index in [-0.39, 0.29) is 4.90 Å². The summed E-state index contributed by atoms with van der Waals surface area (Å²) in [6.07, 6.45) is 3.18. The number of pyridine rings is 1. The van der Waals surface area contributed by atoms with Gasteiger partial charge in [-0.15, -0.1) is 0 Å². The molecule has 4 nitrogen and oxygen atoms in total. The third-order valence-corrected chi connectivity index (χ3v) is 4.59. The SMILES string of the molecule is O=S(=O)(c1ccccc1)c1ccnc2[nH]ccc12. The van der Waals surface area contributed by atoms with Crippen molar-refractivity contribution < 1.29 is 8.42 Å². The van der Waals surface area contributed by atoms with Crippen LogP contribution in [0.1, 0.15) is 0 Å². The van der Waals surface area contributed by atoms with Gasteiger partial charge in [-0.2, -0.15) is 0 Å². The van der Waals surface area contributed by atoms with E-state index in [0.717, 1.165) is 0 Å². The second-order valence-electron chi connectivity index (χ2n) is 3.87. The van der Waals surface area contributed by atoms with Crippen LogP contribution in [0.25, 0.3) is 11.0 Å². The van der Waals surface area contributed by atoms with Gasteiger partial charge in [-0.25, -0.2) is 13.4 Å². The van der Waals surface area contributed by atoms with E-state index in [9.17, 15) is 8.42 Å². The lowest BCUT2D eigenvalue weighted by Gasteiger charge is -2.05. The molecule has 2 aromatic heterocycles. The van der Waals surface area contributed by atoms with Crippen LogP contribution in [-0.2, 0) is 9.84 Å². The first-order chi connectivity index (χ1) is 8.69. The number of H-pyrrole nitrogens is 1. The summed E-state index contributed by atoms with van der Waals surface area (Å²) in [5, 5.41) is 0.612. The Hall–Kier alpha value is -2.14. The van der Waals surface area contributed by atoms with Gasteiger partial charge in [0.1, 0.15) is 5.65 Å². The largest absolute Gasteiger partial charge is 0.346 e. The maximum Gasteiger partial charge on any atom is 0.207 e. The molecule has 1 N–H and O–H groups in total. The highest BCUT2D eigenvalue weighted by atomic mass is 32.2. The molecule has 0 radical (unpaired) electrons. The van der Waals surface area contributed by atoms with Crippen molar-refractivity contribution in [1.29, 1.82) is 0 Å². The van der Waals surface area contributed by atoms with Gasteiger partial charge in [-0.05, 0) is 24.3 Å². The summed E-state index contributed by atoms with van der Waals surface area (Å²) in [6, 6.07) is 11.6. The Kier molecular flexibility index (Phi) is 2.41. The lowest BCUT2D eigenvalue weighted by atomic mass is 10.3. The first-order valence-electron chi connectivity index (χ1n) is 5.42. The van der Waals surface area contributed by atoms with Gasteiger partial charge >= 0.3 is 0 Å². The molecule has 0 amide bonds. The molecule has 18 heavy (non-hydrogen) atoms. The second-order valence-corrected chi connectivity index (χ2v) is 5.78. The number of fused-ring (bicyclic) bond motifs is 1. The minimum atomic E-state index is -3.50. The van der Waals surface area contributed by atoms with Crippen LogP contribution in [0.5, 0.6) is 0 Å². The van der Waals surface area contributed by atoms with E-state index < -0.39 is 9.84 Å². The van der Waals surface area contributed by atoms with E-state index in [2.05, 4.69) is 9.97 Å². The molecule has 0 saturated carbocycles. The molecule has 1 aromatic carbocycles. The molecule has 5 heteroatoms. The molecular weight excluding hydrogens is 248 g/mol. The van der Waals surface area contributed by atoms with Gasteiger partial charge in [0, 0.05) is 17.8 Å². The van der Waals surface area contributed by atoms with E-state index in [1.807, 2.05) is 0 Å². The molecule has 0 spiro atoms. The van der Waals surface area contributed by atoms with Crippen molar-refractivity contribution in [2.24, 2.45) is 0 Å². The Bertz CT molecular complexity index is 792. The molecule has 0 aliphatic carbocycles. The molecule has 90 valence electrons. The number of hydrogen-bond donors (Lipinski definition) is 1. The highest BCUT2D eigenvalue weighted by Gasteiger charge is 2.20. The maximum absolute atomic E-state index is 12.5. The van der Waals surface area contributed by atoms with Gasteiger partial charge in [0.15, 0.2) is 0 Å². The Labute approximate surface area is 104 Å². The van der Waals surface area contributed by atoms with E-state index in [1.165, 1.54) is 12.3 Å². The van der Waals surface area contributed by atoms with E-state index in [1.54, 1.807) is 42.6 Å². The van der Waals surface area contributed by atoms with Gasteiger partial charge in [0.05, 0.1) is 9.79 Å². The van der Waals surface area contributed by atoms with E-state index in [4.69, 9.17) is 0 Å². The third kappa shape index (κ3) is 1.60. The predicted octanol–water partition coefficient (Wildman–Crippen LogP) is 2.40. The number of benzene rings is 1. The average Bonchev–Trinajstić information content (AvgIpc) is 2.87. The first kappa shape index (κ1) is 11.0. The summed E-state index contributed by atoms with van der Waals surface area (Å²) >= 11 is 0. The van der Waals surface area contributed by atoms with Crippen LogP contribution in [-0.4, -0.2) is 18.4 Å². The molecule has 0 atom stereocenters. The molecule has 0 saturated heterocycles. The predicted molar refractivity (Wildman–Crippen MR) is 68.0 cm³/mol. The summed E-state index contributed by atoms with van der Waals surface area (Å²) < 4.78 is 25.0. The quantitative estimate of drug-likeness (QED) is 0.767. The van der Waals surface area contributed by atoms with Crippen molar-refractivity contribution in [2.45, 2.75) is 9.79 Å². The molecule has 0 unspecified atom stereocenters. The summed E-state index contributed by atoms with van der Waals surface area (Å²) in [7, 11) is -3.50. The summed E-state index contributed by atoms with van der Waals surface area (Å²) in [6.45, 7) is 0. The van der Waals surface area contributed by atoms with E-state index in [0.29, 0.717) is 15.9 Å². The monoisotopic (exact) mass is 258 g/mol. The zero-order valence-electron chi connectivity index (χ0n) is 9.37. The van der Waals surface area contributed by atoms with Crippen molar-refractivity contribution >= 4 is 20.9 Å². The molecule has 3 rings (SSSR count). The smallest absolute Gasteiger partial charge is 0.207 e. The molecule has 0 bridgehead atoms. The summed E-state index contributed by atoms with van der Waals surface area (Å²) in [5.41, 5.74) is 0.576. The Balaban J connectivity index is 2.30. The van der Waals surface area contributed by atoms with Gasteiger partial charge in [-0.3, -0.25) is 0 Å². The number of aromatic nitrogens is 2. The standard InChI is InChI=1S/C13H10N2O2S/c16-18(17,10-4-2-1-3-5-10)12-7-9-15-13-11(12)6-8-14-13/h1-9H,(H,14,15). The fourth-order valence-electron chi connectivity index (χ4n) is 1.90. The lowest BCUT2D eigenvalue weighted by Crippen LogP contribution is -2.02. The Morgan fingerprint density at radius 1 is 1.00 bits per heavy atom. The molecule has 3 aromatic rings. The van der Waals surface area contributed by atoms with Crippen molar-refractivity contribution in [3.05, 3.63) is 54.9 Å². The fourth-order valence-corrected chi connectivity index (χ4v) is 3.36. The minimum absolute atomic E-state index is 0.278. The van der Waals surface area contributed by atoms with Crippen molar-refractivity contribution in [3.8, 4) is 0 Å². The van der Waals surface area contributed by atoms with E-state index >= 15 is 0 Å². The number of nitrogens with one attached hydrogen (secondary N) is 1. The average molecular weight is 258 g/mol. The van der Waals surface area contributed by atoms with Crippen molar-refractivity contribution in [3.63, 3.8) is 0 Å². The fraction of sp³-hybridized carbons (Fsp3) is 0. The maximum atomic E-state index is 12.5. The second kappa shape index (κ2) is 3.96. The number of nitrogens with zero attached hydrogens (tertiary/aromatic N) is 1. The topological polar surface area (TPSA) is 62.8 Å². The molecular formula is C13H10N2O2S. The highest BCUT2D eigenvalue weighted by molar-refractivity contribution is 7.91. The Morgan fingerprint density at radius 2 is 1.78 bits per heavy atom. The molecule has 0 aliphatic rings. The Morgan fingerprint density at radius 3 is 2.56 bits per heavy atom. The molecule has 2 heterocycles. The van der Waals surface area contributed by atoms with Crippen LogP contribution in [0.4, 0.5) is 0 Å². The van der Waals surface area contributed by atoms with Crippen LogP contribution in [0.2, 0.25) is 0 Å². The summed E-state index contributed by atoms with van der Waals surface area (Å²) in [5.74, 6) is 0. The van der Waals surface area contributed by atoms with Gasteiger partial charge in [0.25, 0.3) is 0 Å². The van der Waals surface area contributed by atoms with Gasteiger partial charge in [-0.1, -0.05) is 18.2 Å². The highest BCUT2D eigenvalue weighted by Crippen LogP contribution is 2.26. The van der Waals surface area contributed by atoms with Crippen LogP contribution >= 0.6 is 0 Å². The van der Waals surface area contributed by atoms with Crippen LogP contribution in [0.15, 0.2) is 64.6 Å². The molecule has 0 aliphatic heterocycles. The zero-order valence-corrected chi connectivity index (χ0v) is 10.2. The number of sulfone groups is 1. The van der Waals surface area contributed by atoms with Crippen LogP contribution in [0.3, 0.4) is 0 Å². The zero-order chi connectivity index (χ0) is 12.6. The lowest BCUT2D eigenvalue weighted by molar-refractivity contribution is 0.597. The third-order valence-electron chi connectivity index (χ3n) is 2.76. The molecule has 0 fully saturated rings. The first-order valence-corrected chi connectivity index (χ1v) is 6.90. The van der Waals surface area contributed by atoms with Gasteiger partial charge in [0.2, 0.25) is 9.84 Å².